The zero-order valence-electron chi connectivity index (χ0n) is 12.8. The van der Waals surface area contributed by atoms with Gasteiger partial charge in [0.15, 0.2) is 0 Å². The largest absolute Gasteiger partial charge is 0.457 e. The van der Waals surface area contributed by atoms with Crippen LogP contribution in [0.3, 0.4) is 0 Å². The molecule has 23 heavy (non-hydrogen) atoms. The standard InChI is InChI=1S/C18H15ClO2S2/c1-22-13-6-3-11(4-7-13)17-14(10-21-18(17)20)12-5-8-16(23-2)15(19)9-12/h3-9H,10H2,1-2H3. The Bertz CT molecular complexity index is 782. The lowest BCUT2D eigenvalue weighted by molar-refractivity contribution is -0.133. The van der Waals surface area contributed by atoms with Gasteiger partial charge in [0, 0.05) is 15.4 Å². The molecule has 1 heterocycles. The lowest BCUT2D eigenvalue weighted by atomic mass is 9.97. The summed E-state index contributed by atoms with van der Waals surface area (Å²) in [5.41, 5.74) is 3.33. The van der Waals surface area contributed by atoms with E-state index >= 15 is 0 Å². The molecule has 1 aliphatic heterocycles. The van der Waals surface area contributed by atoms with E-state index in [0.29, 0.717) is 10.6 Å². The van der Waals surface area contributed by atoms with Crippen LogP contribution in [-0.4, -0.2) is 25.1 Å². The first-order valence-electron chi connectivity index (χ1n) is 7.02. The van der Waals surface area contributed by atoms with E-state index in [1.807, 2.05) is 55.0 Å². The lowest BCUT2D eigenvalue weighted by Crippen LogP contribution is -1.98. The topological polar surface area (TPSA) is 26.3 Å². The molecule has 0 aliphatic carbocycles. The van der Waals surface area contributed by atoms with Crippen molar-refractivity contribution >= 4 is 52.2 Å². The normalized spacial score (nSPS) is 14.3. The highest BCUT2D eigenvalue weighted by Gasteiger charge is 2.27. The molecule has 0 saturated carbocycles. The third kappa shape index (κ3) is 3.30. The molecule has 2 aromatic carbocycles. The molecular weight excluding hydrogens is 348 g/mol. The fourth-order valence-corrected chi connectivity index (χ4v) is 3.82. The van der Waals surface area contributed by atoms with Crippen molar-refractivity contribution in [2.75, 3.05) is 19.1 Å². The number of hydrogen-bond acceptors (Lipinski definition) is 4. The van der Waals surface area contributed by atoms with Gasteiger partial charge in [0.05, 0.1) is 10.6 Å². The number of carbonyl (C=O) groups excluding carboxylic acids is 1. The predicted octanol–water partition coefficient (Wildman–Crippen LogP) is 5.25. The Morgan fingerprint density at radius 3 is 2.30 bits per heavy atom. The van der Waals surface area contributed by atoms with E-state index in [1.54, 1.807) is 23.5 Å². The highest BCUT2D eigenvalue weighted by molar-refractivity contribution is 7.98. The van der Waals surface area contributed by atoms with Crippen LogP contribution in [0.1, 0.15) is 11.1 Å². The molecule has 0 radical (unpaired) electrons. The molecule has 5 heteroatoms. The summed E-state index contributed by atoms with van der Waals surface area (Å²) in [6.07, 6.45) is 4.01. The van der Waals surface area contributed by atoms with Crippen molar-refractivity contribution in [3.8, 4) is 0 Å². The number of thioether (sulfide) groups is 2. The molecule has 0 fully saturated rings. The zero-order chi connectivity index (χ0) is 16.4. The summed E-state index contributed by atoms with van der Waals surface area (Å²) < 4.78 is 5.27. The second-order valence-corrected chi connectivity index (χ2v) is 7.14. The van der Waals surface area contributed by atoms with Gasteiger partial charge in [-0.05, 0) is 47.9 Å². The van der Waals surface area contributed by atoms with Gasteiger partial charge in [0.1, 0.15) is 6.61 Å². The maximum Gasteiger partial charge on any atom is 0.339 e. The second-order valence-electron chi connectivity index (χ2n) is 5.01. The van der Waals surface area contributed by atoms with Gasteiger partial charge in [0.25, 0.3) is 0 Å². The minimum Gasteiger partial charge on any atom is -0.457 e. The fourth-order valence-electron chi connectivity index (χ4n) is 2.54. The van der Waals surface area contributed by atoms with Crippen molar-refractivity contribution in [2.24, 2.45) is 0 Å². The summed E-state index contributed by atoms with van der Waals surface area (Å²) in [7, 11) is 0. The molecule has 0 spiro atoms. The SMILES string of the molecule is CSc1ccc(C2=C(c3ccc(SC)c(Cl)c3)COC2=O)cc1. The van der Waals surface area contributed by atoms with Crippen LogP contribution < -0.4 is 0 Å². The number of hydrogen-bond donors (Lipinski definition) is 0. The summed E-state index contributed by atoms with van der Waals surface area (Å²) >= 11 is 9.58. The minimum atomic E-state index is -0.276. The first-order chi connectivity index (χ1) is 11.1. The van der Waals surface area contributed by atoms with Gasteiger partial charge in [-0.25, -0.2) is 4.79 Å². The predicted molar refractivity (Wildman–Crippen MR) is 99.2 cm³/mol. The Morgan fingerprint density at radius 2 is 1.70 bits per heavy atom. The zero-order valence-corrected chi connectivity index (χ0v) is 15.1. The summed E-state index contributed by atoms with van der Waals surface area (Å²) in [6.45, 7) is 0.285. The van der Waals surface area contributed by atoms with Crippen LogP contribution in [0.15, 0.2) is 52.3 Å². The van der Waals surface area contributed by atoms with Crippen molar-refractivity contribution in [1.82, 2.24) is 0 Å². The van der Waals surface area contributed by atoms with Crippen molar-refractivity contribution in [1.29, 1.82) is 0 Å². The molecular formula is C18H15ClO2S2. The summed E-state index contributed by atoms with van der Waals surface area (Å²) in [6, 6.07) is 13.8. The lowest BCUT2D eigenvalue weighted by Gasteiger charge is -2.08. The van der Waals surface area contributed by atoms with Crippen molar-refractivity contribution in [3.05, 3.63) is 58.6 Å². The van der Waals surface area contributed by atoms with Crippen LogP contribution in [-0.2, 0) is 9.53 Å². The van der Waals surface area contributed by atoms with Crippen LogP contribution in [0.2, 0.25) is 5.02 Å². The van der Waals surface area contributed by atoms with Gasteiger partial charge in [0.2, 0.25) is 0 Å². The molecule has 0 bridgehead atoms. The molecule has 118 valence electrons. The summed E-state index contributed by atoms with van der Waals surface area (Å²) in [5.74, 6) is -0.276. The van der Waals surface area contributed by atoms with Crippen molar-refractivity contribution < 1.29 is 9.53 Å². The highest BCUT2D eigenvalue weighted by Crippen LogP contribution is 2.36. The van der Waals surface area contributed by atoms with Gasteiger partial charge >= 0.3 is 5.97 Å². The van der Waals surface area contributed by atoms with E-state index in [2.05, 4.69) is 0 Å². The number of esters is 1. The first kappa shape index (κ1) is 16.5. The van der Waals surface area contributed by atoms with Gasteiger partial charge in [-0.2, -0.15) is 0 Å². The number of rotatable bonds is 4. The average molecular weight is 363 g/mol. The molecule has 2 aromatic rings. The van der Waals surface area contributed by atoms with Crippen LogP contribution in [0.4, 0.5) is 0 Å². The quantitative estimate of drug-likeness (QED) is 0.548. The van der Waals surface area contributed by atoms with E-state index in [-0.39, 0.29) is 12.6 Å². The molecule has 0 N–H and O–H groups in total. The molecule has 3 rings (SSSR count). The smallest absolute Gasteiger partial charge is 0.339 e. The molecule has 0 amide bonds. The molecule has 0 unspecified atom stereocenters. The molecule has 0 atom stereocenters. The Kier molecular flexibility index (Phi) is 5.05. The molecule has 0 saturated heterocycles. The van der Waals surface area contributed by atoms with Crippen LogP contribution in [0.25, 0.3) is 11.1 Å². The number of cyclic esters (lactones) is 1. The van der Waals surface area contributed by atoms with E-state index in [0.717, 1.165) is 26.5 Å². The Morgan fingerprint density at radius 1 is 1.00 bits per heavy atom. The summed E-state index contributed by atoms with van der Waals surface area (Å²) in [4.78, 5) is 14.4. The van der Waals surface area contributed by atoms with Gasteiger partial charge in [-0.1, -0.05) is 29.8 Å². The van der Waals surface area contributed by atoms with Gasteiger partial charge in [-0.3, -0.25) is 0 Å². The Hall–Kier alpha value is -1.36. The number of carbonyl (C=O) groups is 1. The maximum absolute atomic E-state index is 12.2. The van der Waals surface area contributed by atoms with Crippen molar-refractivity contribution in [2.45, 2.75) is 9.79 Å². The van der Waals surface area contributed by atoms with E-state index in [1.165, 1.54) is 0 Å². The van der Waals surface area contributed by atoms with Crippen LogP contribution in [0, 0.1) is 0 Å². The first-order valence-corrected chi connectivity index (χ1v) is 9.85. The average Bonchev–Trinajstić information content (AvgIpc) is 2.96. The fraction of sp³-hybridized carbons (Fsp3) is 0.167. The van der Waals surface area contributed by atoms with Crippen molar-refractivity contribution in [3.63, 3.8) is 0 Å². The van der Waals surface area contributed by atoms with Crippen LogP contribution in [0.5, 0.6) is 0 Å². The summed E-state index contributed by atoms with van der Waals surface area (Å²) in [5, 5.41) is 0.693. The van der Waals surface area contributed by atoms with E-state index in [4.69, 9.17) is 16.3 Å². The molecule has 2 nitrogen and oxygen atoms in total. The van der Waals surface area contributed by atoms with Crippen LogP contribution >= 0.6 is 35.1 Å². The number of halogens is 1. The number of ether oxygens (including phenoxy) is 1. The molecule has 1 aliphatic rings. The second kappa shape index (κ2) is 7.04. The molecule has 0 aromatic heterocycles. The monoisotopic (exact) mass is 362 g/mol. The van der Waals surface area contributed by atoms with E-state index < -0.39 is 0 Å². The Balaban J connectivity index is 2.08. The van der Waals surface area contributed by atoms with Gasteiger partial charge in [-0.15, -0.1) is 23.5 Å². The minimum absolute atomic E-state index is 0.276. The number of benzene rings is 2. The van der Waals surface area contributed by atoms with E-state index in [9.17, 15) is 4.79 Å². The highest BCUT2D eigenvalue weighted by atomic mass is 35.5. The maximum atomic E-state index is 12.2. The third-order valence-electron chi connectivity index (χ3n) is 3.73. The Labute approximate surface area is 149 Å². The third-order valence-corrected chi connectivity index (χ3v) is 5.70. The van der Waals surface area contributed by atoms with Gasteiger partial charge < -0.3 is 4.74 Å².